The minimum absolute atomic E-state index is 0.0710. The van der Waals surface area contributed by atoms with Crippen molar-refractivity contribution in [3.63, 3.8) is 0 Å². The number of Topliss-reactive ketones (excluding diaryl/α,β-unsaturated/α-hetero) is 1. The zero-order valence-electron chi connectivity index (χ0n) is 8.83. The summed E-state index contributed by atoms with van der Waals surface area (Å²) >= 11 is 0. The number of ketones is 1. The molecule has 1 aromatic rings. The van der Waals surface area contributed by atoms with Crippen LogP contribution in [0.25, 0.3) is 5.43 Å². The molecule has 0 saturated carbocycles. The molecule has 0 spiro atoms. The summed E-state index contributed by atoms with van der Waals surface area (Å²) in [6.07, 6.45) is 1.61. The maximum Gasteiger partial charge on any atom is 0.162 e. The lowest BCUT2D eigenvalue weighted by molar-refractivity contribution is -0.426. The highest BCUT2D eigenvalue weighted by atomic mass is 16.7. The highest BCUT2D eigenvalue weighted by Gasteiger charge is 2.03. The van der Waals surface area contributed by atoms with Gasteiger partial charge in [-0.1, -0.05) is 43.3 Å². The second-order valence-electron chi connectivity index (χ2n) is 3.35. The van der Waals surface area contributed by atoms with Crippen molar-refractivity contribution in [1.29, 1.82) is 0 Å². The van der Waals surface area contributed by atoms with Crippen LogP contribution in [0.15, 0.2) is 30.3 Å². The van der Waals surface area contributed by atoms with Crippen molar-refractivity contribution >= 4 is 5.78 Å². The van der Waals surface area contributed by atoms with Gasteiger partial charge in [-0.3, -0.25) is 14.9 Å². The number of nitrogens with zero attached hydrogens (tertiary/aromatic N) is 2. The Labute approximate surface area is 93.6 Å². The van der Waals surface area contributed by atoms with E-state index in [1.807, 2.05) is 18.2 Å². The molecular formula is C11H13N2O3-. The second-order valence-corrected chi connectivity index (χ2v) is 3.35. The first kappa shape index (κ1) is 12.2. The highest BCUT2D eigenvalue weighted by molar-refractivity contribution is 5.95. The van der Waals surface area contributed by atoms with Crippen LogP contribution < -0.4 is 0 Å². The fourth-order valence-corrected chi connectivity index (χ4v) is 1.32. The van der Waals surface area contributed by atoms with Crippen molar-refractivity contribution in [2.24, 2.45) is 0 Å². The van der Waals surface area contributed by atoms with E-state index < -0.39 is 5.03 Å². The third-order valence-electron chi connectivity index (χ3n) is 2.12. The molecule has 0 bridgehead atoms. The van der Waals surface area contributed by atoms with Crippen LogP contribution in [-0.2, 0) is 0 Å². The molecule has 16 heavy (non-hydrogen) atoms. The molecule has 0 heterocycles. The van der Waals surface area contributed by atoms with Gasteiger partial charge in [-0.05, 0) is 11.5 Å². The lowest BCUT2D eigenvalue weighted by atomic mass is 10.1. The molecule has 0 N–H and O–H groups in total. The first-order valence-corrected chi connectivity index (χ1v) is 5.10. The minimum Gasteiger partial charge on any atom is -0.379 e. The van der Waals surface area contributed by atoms with Gasteiger partial charge in [0, 0.05) is 12.0 Å². The van der Waals surface area contributed by atoms with Crippen molar-refractivity contribution < 1.29 is 9.83 Å². The van der Waals surface area contributed by atoms with Crippen LogP contribution >= 0.6 is 0 Å². The molecule has 0 unspecified atom stereocenters. The second kappa shape index (κ2) is 6.55. The monoisotopic (exact) mass is 221 g/mol. The van der Waals surface area contributed by atoms with Gasteiger partial charge in [-0.25, -0.2) is 0 Å². The van der Waals surface area contributed by atoms with Gasteiger partial charge in [-0.2, -0.15) is 0 Å². The van der Waals surface area contributed by atoms with E-state index in [-0.39, 0.29) is 12.3 Å². The summed E-state index contributed by atoms with van der Waals surface area (Å²) < 4.78 is 0. The van der Waals surface area contributed by atoms with Crippen LogP contribution in [-0.4, -0.2) is 17.4 Å². The maximum absolute atomic E-state index is 11.6. The van der Waals surface area contributed by atoms with Gasteiger partial charge in [0.1, 0.15) is 0 Å². The Morgan fingerprint density at radius 1 is 1.25 bits per heavy atom. The Bertz CT molecular complexity index is 352. The third-order valence-corrected chi connectivity index (χ3v) is 2.12. The molecule has 0 fully saturated rings. The van der Waals surface area contributed by atoms with Crippen LogP contribution in [0.2, 0.25) is 0 Å². The number of hydrogen-bond acceptors (Lipinski definition) is 3. The van der Waals surface area contributed by atoms with E-state index in [0.29, 0.717) is 24.8 Å². The molecule has 0 radical (unpaired) electrons. The number of carbonyl (C=O) groups excluding carboxylic acids is 1. The van der Waals surface area contributed by atoms with Crippen LogP contribution in [0.4, 0.5) is 0 Å². The van der Waals surface area contributed by atoms with E-state index in [4.69, 9.17) is 0 Å². The molecule has 1 rings (SSSR count). The number of rotatable bonds is 7. The fourth-order valence-electron chi connectivity index (χ4n) is 1.32. The summed E-state index contributed by atoms with van der Waals surface area (Å²) in [4.78, 5) is 21.5. The normalized spacial score (nSPS) is 9.75. The average Bonchev–Trinajstić information content (AvgIpc) is 2.29. The van der Waals surface area contributed by atoms with Crippen molar-refractivity contribution in [2.75, 3.05) is 6.54 Å². The summed E-state index contributed by atoms with van der Waals surface area (Å²) in [5, 5.41) is 9.19. The Balaban J connectivity index is 2.19. The molecule has 0 aliphatic carbocycles. The van der Waals surface area contributed by atoms with Crippen LogP contribution in [0.3, 0.4) is 0 Å². The zero-order chi connectivity index (χ0) is 11.8. The van der Waals surface area contributed by atoms with Gasteiger partial charge in [0.15, 0.2) is 5.78 Å². The number of unbranched alkanes of at least 4 members (excludes halogenated alkanes) is 1. The summed E-state index contributed by atoms with van der Waals surface area (Å²) in [6.45, 7) is 0.176. The molecule has 0 atom stereocenters. The summed E-state index contributed by atoms with van der Waals surface area (Å²) in [6, 6.07) is 9.02. The van der Waals surface area contributed by atoms with Gasteiger partial charge >= 0.3 is 0 Å². The van der Waals surface area contributed by atoms with E-state index in [1.54, 1.807) is 12.1 Å². The van der Waals surface area contributed by atoms with Gasteiger partial charge in [0.2, 0.25) is 0 Å². The Morgan fingerprint density at radius 3 is 2.56 bits per heavy atom. The number of nitro groups is 1. The van der Waals surface area contributed by atoms with Gasteiger partial charge in [-0.15, -0.1) is 0 Å². The third kappa shape index (κ3) is 4.54. The molecule has 5 nitrogen and oxygen atoms in total. The van der Waals surface area contributed by atoms with Crippen LogP contribution in [0.1, 0.15) is 29.6 Å². The van der Waals surface area contributed by atoms with Crippen molar-refractivity contribution in [3.8, 4) is 0 Å². The number of carbonyl (C=O) groups is 1. The summed E-state index contributed by atoms with van der Waals surface area (Å²) in [5.41, 5.74) is 3.79. The molecule has 5 heteroatoms. The molecule has 86 valence electrons. The smallest absolute Gasteiger partial charge is 0.162 e. The molecule has 0 amide bonds. The van der Waals surface area contributed by atoms with E-state index in [1.165, 1.54) is 0 Å². The standard InChI is InChI=1S/C11H13N2O3/c14-11(10-6-2-1-3-7-10)8-4-5-9-12-13(15)16/h1-3,6-7H,4-5,8-9H2/q-1. The first-order chi connectivity index (χ1) is 7.70. The van der Waals surface area contributed by atoms with Crippen molar-refractivity contribution in [3.05, 3.63) is 51.4 Å². The lowest BCUT2D eigenvalue weighted by Gasteiger charge is -2.07. The quantitative estimate of drug-likeness (QED) is 0.307. The Hall–Kier alpha value is -1.91. The SMILES string of the molecule is O=C(CCCC[N-][N+](=O)[O-])c1ccccc1. The number of benzene rings is 1. The Morgan fingerprint density at radius 2 is 1.94 bits per heavy atom. The predicted molar refractivity (Wildman–Crippen MR) is 59.8 cm³/mol. The molecular weight excluding hydrogens is 208 g/mol. The van der Waals surface area contributed by atoms with Crippen molar-refractivity contribution in [2.45, 2.75) is 19.3 Å². The fraction of sp³-hybridized carbons (Fsp3) is 0.364. The minimum atomic E-state index is -0.695. The summed E-state index contributed by atoms with van der Waals surface area (Å²) in [5.74, 6) is 0.0710. The highest BCUT2D eigenvalue weighted by Crippen LogP contribution is 2.07. The molecule has 0 aliphatic heterocycles. The largest absolute Gasteiger partial charge is 0.379 e. The van der Waals surface area contributed by atoms with Crippen molar-refractivity contribution in [1.82, 2.24) is 0 Å². The van der Waals surface area contributed by atoms with Gasteiger partial charge in [0.25, 0.3) is 0 Å². The molecule has 0 aliphatic rings. The molecule has 0 saturated heterocycles. The van der Waals surface area contributed by atoms with E-state index in [9.17, 15) is 14.9 Å². The van der Waals surface area contributed by atoms with E-state index >= 15 is 0 Å². The van der Waals surface area contributed by atoms with Crippen LogP contribution in [0, 0.1) is 10.1 Å². The molecule has 1 aromatic carbocycles. The van der Waals surface area contributed by atoms with Gasteiger partial charge < -0.3 is 5.43 Å². The Kier molecular flexibility index (Phi) is 4.98. The lowest BCUT2D eigenvalue weighted by Crippen LogP contribution is -2.00. The van der Waals surface area contributed by atoms with Gasteiger partial charge in [0.05, 0.1) is 0 Å². The van der Waals surface area contributed by atoms with E-state index in [0.717, 1.165) is 0 Å². The zero-order valence-corrected chi connectivity index (χ0v) is 8.83. The predicted octanol–water partition coefficient (Wildman–Crippen LogP) is 2.61. The maximum atomic E-state index is 11.6. The number of hydrogen-bond donors (Lipinski definition) is 0. The van der Waals surface area contributed by atoms with E-state index in [2.05, 4.69) is 5.43 Å². The molecule has 0 aromatic heterocycles. The summed E-state index contributed by atoms with van der Waals surface area (Å²) in [7, 11) is 0. The first-order valence-electron chi connectivity index (χ1n) is 5.10. The average molecular weight is 221 g/mol. The van der Waals surface area contributed by atoms with Crippen LogP contribution in [0.5, 0.6) is 0 Å². The topological polar surface area (TPSA) is 74.3 Å².